The Morgan fingerprint density at radius 2 is 1.97 bits per heavy atom. The van der Waals surface area contributed by atoms with Crippen LogP contribution in [0.5, 0.6) is 5.75 Å². The maximum absolute atomic E-state index is 13.0. The molecule has 174 valence electrons. The quantitative estimate of drug-likeness (QED) is 0.684. The minimum absolute atomic E-state index is 0.0171. The van der Waals surface area contributed by atoms with Crippen LogP contribution in [0.3, 0.4) is 0 Å². The van der Waals surface area contributed by atoms with Gasteiger partial charge in [-0.1, -0.05) is 12.5 Å². The zero-order chi connectivity index (χ0) is 22.1. The molecule has 0 radical (unpaired) electrons. The second-order valence-corrected chi connectivity index (χ2v) is 9.93. The van der Waals surface area contributed by atoms with Crippen LogP contribution in [-0.2, 0) is 15.1 Å². The maximum Gasteiger partial charge on any atom is 0.339 e. The smallest absolute Gasteiger partial charge is 0.339 e. The van der Waals surface area contributed by atoms with Gasteiger partial charge in [-0.25, -0.2) is 4.79 Å². The van der Waals surface area contributed by atoms with E-state index in [9.17, 15) is 9.59 Å². The Bertz CT molecular complexity index is 855. The maximum atomic E-state index is 13.0. The van der Waals surface area contributed by atoms with Crippen molar-refractivity contribution in [3.05, 3.63) is 29.3 Å². The van der Waals surface area contributed by atoms with Crippen LogP contribution in [0.1, 0.15) is 60.9 Å². The minimum Gasteiger partial charge on any atom is -0.488 e. The highest BCUT2D eigenvalue weighted by atomic mass is 16.6. The zero-order valence-electron chi connectivity index (χ0n) is 19.1. The van der Waals surface area contributed by atoms with Crippen molar-refractivity contribution in [2.45, 2.75) is 56.7 Å². The molecule has 1 N–H and O–H groups in total. The monoisotopic (exact) mass is 441 g/mol. The predicted octanol–water partition coefficient (Wildman–Crippen LogP) is 2.54. The van der Waals surface area contributed by atoms with Crippen LogP contribution in [0.25, 0.3) is 0 Å². The van der Waals surface area contributed by atoms with Gasteiger partial charge in [0.2, 0.25) is 5.91 Å². The Kier molecular flexibility index (Phi) is 6.12. The third-order valence-electron chi connectivity index (χ3n) is 7.76. The summed E-state index contributed by atoms with van der Waals surface area (Å²) in [5, 5.41) is 3.18. The van der Waals surface area contributed by atoms with Crippen molar-refractivity contribution in [3.63, 3.8) is 0 Å². The van der Waals surface area contributed by atoms with Crippen molar-refractivity contribution >= 4 is 11.9 Å². The number of benzene rings is 1. The number of amides is 1. The number of ether oxygens (including phenoxy) is 2. The Labute approximate surface area is 190 Å². The fourth-order valence-electron chi connectivity index (χ4n) is 5.59. The van der Waals surface area contributed by atoms with E-state index in [0.29, 0.717) is 18.4 Å². The first-order chi connectivity index (χ1) is 15.5. The fourth-order valence-corrected chi connectivity index (χ4v) is 5.59. The number of esters is 1. The summed E-state index contributed by atoms with van der Waals surface area (Å²) in [7, 11) is 1.93. The van der Waals surface area contributed by atoms with Gasteiger partial charge in [-0.15, -0.1) is 0 Å². The predicted molar refractivity (Wildman–Crippen MR) is 121 cm³/mol. The molecule has 0 bridgehead atoms. The molecule has 0 atom stereocenters. The molecular formula is C25H35N3O4. The number of hydrogen-bond acceptors (Lipinski definition) is 6. The molecule has 1 spiro atoms. The highest BCUT2D eigenvalue weighted by Gasteiger charge is 2.48. The topological polar surface area (TPSA) is 71.1 Å². The van der Waals surface area contributed by atoms with E-state index in [1.807, 2.05) is 30.1 Å². The number of fused-ring (bicyclic) bond motifs is 2. The van der Waals surface area contributed by atoms with Gasteiger partial charge in [-0.3, -0.25) is 4.79 Å². The van der Waals surface area contributed by atoms with E-state index in [2.05, 4.69) is 10.2 Å². The second kappa shape index (κ2) is 9.02. The van der Waals surface area contributed by atoms with Gasteiger partial charge >= 0.3 is 5.97 Å². The van der Waals surface area contributed by atoms with E-state index in [0.717, 1.165) is 63.4 Å². The molecule has 5 rings (SSSR count). The number of rotatable bonds is 6. The molecule has 7 heteroatoms. The Hall–Kier alpha value is -2.12. The lowest BCUT2D eigenvalue weighted by atomic mass is 9.74. The lowest BCUT2D eigenvalue weighted by Gasteiger charge is -2.37. The molecule has 1 aliphatic carbocycles. The van der Waals surface area contributed by atoms with Crippen LogP contribution >= 0.6 is 0 Å². The first-order valence-corrected chi connectivity index (χ1v) is 12.3. The molecule has 3 aliphatic heterocycles. The van der Waals surface area contributed by atoms with Crippen molar-refractivity contribution in [1.29, 1.82) is 0 Å². The molecule has 7 nitrogen and oxygen atoms in total. The molecule has 3 fully saturated rings. The van der Waals surface area contributed by atoms with E-state index < -0.39 is 5.60 Å². The average molecular weight is 442 g/mol. The summed E-state index contributed by atoms with van der Waals surface area (Å²) < 4.78 is 11.9. The molecule has 1 aromatic carbocycles. The number of nitrogens with one attached hydrogen (secondary N) is 1. The molecular weight excluding hydrogens is 406 g/mol. The first kappa shape index (κ1) is 21.7. The van der Waals surface area contributed by atoms with Crippen LogP contribution < -0.4 is 10.1 Å². The lowest BCUT2D eigenvalue weighted by Crippen LogP contribution is -2.50. The largest absolute Gasteiger partial charge is 0.488 e. The summed E-state index contributed by atoms with van der Waals surface area (Å²) in [6.07, 6.45) is 6.96. The number of piperidine rings is 1. The Balaban J connectivity index is 1.18. The number of likely N-dealkylation sites (N-methyl/N-ethyl adjacent to an activating group) is 1. The average Bonchev–Trinajstić information content (AvgIpc) is 3.06. The third-order valence-corrected chi connectivity index (χ3v) is 7.76. The summed E-state index contributed by atoms with van der Waals surface area (Å²) in [5.41, 5.74) is 1.01. The van der Waals surface area contributed by atoms with E-state index in [1.54, 1.807) is 0 Å². The van der Waals surface area contributed by atoms with Crippen molar-refractivity contribution < 1.29 is 19.1 Å². The van der Waals surface area contributed by atoms with Crippen molar-refractivity contribution in [1.82, 2.24) is 15.1 Å². The first-order valence-electron chi connectivity index (χ1n) is 12.3. The van der Waals surface area contributed by atoms with Crippen molar-refractivity contribution in [2.24, 2.45) is 5.92 Å². The van der Waals surface area contributed by atoms with Crippen LogP contribution in [-0.4, -0.2) is 74.1 Å². The zero-order valence-corrected chi connectivity index (χ0v) is 19.1. The molecule has 0 unspecified atom stereocenters. The fraction of sp³-hybridized carbons (Fsp3) is 0.680. The normalized spacial score (nSPS) is 28.2. The number of nitrogens with zero attached hydrogens (tertiary/aromatic N) is 2. The van der Waals surface area contributed by atoms with Gasteiger partial charge in [0.25, 0.3) is 0 Å². The minimum atomic E-state index is -0.577. The molecule has 1 aromatic rings. The Morgan fingerprint density at radius 3 is 2.66 bits per heavy atom. The molecule has 0 aromatic heterocycles. The second-order valence-electron chi connectivity index (χ2n) is 9.93. The van der Waals surface area contributed by atoms with Crippen molar-refractivity contribution in [2.75, 3.05) is 46.3 Å². The third kappa shape index (κ3) is 4.25. The van der Waals surface area contributed by atoms with E-state index in [4.69, 9.17) is 9.47 Å². The van der Waals surface area contributed by atoms with Gasteiger partial charge in [0.15, 0.2) is 0 Å². The number of hydrogen-bond donors (Lipinski definition) is 1. The SMILES string of the molecule is CN(CCN1CCCCC1)C(=O)[C@H]1CC[C@@]2(CC1)OC(=O)c1cc(OC3CNC3)ccc12. The van der Waals surface area contributed by atoms with Crippen LogP contribution in [0.4, 0.5) is 0 Å². The molecule has 1 saturated carbocycles. The molecule has 2 saturated heterocycles. The van der Waals surface area contributed by atoms with Gasteiger partial charge in [-0.05, 0) is 63.7 Å². The molecule has 32 heavy (non-hydrogen) atoms. The van der Waals surface area contributed by atoms with Gasteiger partial charge in [0.1, 0.15) is 17.5 Å². The summed E-state index contributed by atoms with van der Waals surface area (Å²) in [4.78, 5) is 30.1. The summed E-state index contributed by atoms with van der Waals surface area (Å²) in [5.74, 6) is 0.715. The van der Waals surface area contributed by atoms with Crippen LogP contribution in [0.15, 0.2) is 18.2 Å². The highest BCUT2D eigenvalue weighted by molar-refractivity contribution is 5.95. The molecule has 1 amide bonds. The number of likely N-dealkylation sites (tertiary alicyclic amines) is 1. The van der Waals surface area contributed by atoms with E-state index in [-0.39, 0.29) is 23.9 Å². The van der Waals surface area contributed by atoms with Gasteiger partial charge in [0, 0.05) is 44.7 Å². The Morgan fingerprint density at radius 1 is 1.22 bits per heavy atom. The summed E-state index contributed by atoms with van der Waals surface area (Å²) in [6, 6.07) is 5.78. The molecule has 3 heterocycles. The summed E-state index contributed by atoms with van der Waals surface area (Å²) in [6.45, 7) is 5.75. The van der Waals surface area contributed by atoms with Gasteiger partial charge in [-0.2, -0.15) is 0 Å². The number of carbonyl (C=O) groups is 2. The van der Waals surface area contributed by atoms with E-state index >= 15 is 0 Å². The standard InChI is InChI=1S/C25H35N3O4/c1-27(13-14-28-11-3-2-4-12-28)23(29)18-7-9-25(10-8-18)22-6-5-19(31-20-16-26-17-20)15-21(22)24(30)32-25/h5-6,15,18,20,26H,2-4,7-14,16-17H2,1H3/t18-,25-. The van der Waals surface area contributed by atoms with Crippen molar-refractivity contribution in [3.8, 4) is 5.75 Å². The summed E-state index contributed by atoms with van der Waals surface area (Å²) >= 11 is 0. The van der Waals surface area contributed by atoms with Crippen LogP contribution in [0.2, 0.25) is 0 Å². The van der Waals surface area contributed by atoms with Gasteiger partial charge in [0.05, 0.1) is 5.56 Å². The van der Waals surface area contributed by atoms with Crippen LogP contribution in [0, 0.1) is 5.92 Å². The number of carbonyl (C=O) groups excluding carboxylic acids is 2. The van der Waals surface area contributed by atoms with Gasteiger partial charge < -0.3 is 24.6 Å². The lowest BCUT2D eigenvalue weighted by molar-refractivity contribution is -0.137. The molecule has 4 aliphatic rings. The van der Waals surface area contributed by atoms with E-state index in [1.165, 1.54) is 19.3 Å². The highest BCUT2D eigenvalue weighted by Crippen LogP contribution is 2.49.